The van der Waals surface area contributed by atoms with Gasteiger partial charge in [-0.15, -0.1) is 0 Å². The van der Waals surface area contributed by atoms with Crippen molar-refractivity contribution in [1.29, 1.82) is 0 Å². The molecule has 0 radical (unpaired) electrons. The van der Waals surface area contributed by atoms with E-state index in [0.29, 0.717) is 0 Å². The van der Waals surface area contributed by atoms with Crippen molar-refractivity contribution < 1.29 is 53.1 Å². The van der Waals surface area contributed by atoms with Gasteiger partial charge in [-0.25, -0.2) is 13.9 Å². The van der Waals surface area contributed by atoms with E-state index < -0.39 is 57.5 Å². The molecule has 156 valence electrons. The van der Waals surface area contributed by atoms with Crippen LogP contribution in [0, 0.1) is 0 Å². The van der Waals surface area contributed by atoms with Gasteiger partial charge in [-0.2, -0.15) is 4.31 Å². The van der Waals surface area contributed by atoms with Crippen LogP contribution < -0.4 is 11.2 Å². The fourth-order valence-corrected chi connectivity index (χ4v) is 3.32. The molecule has 2 heterocycles. The van der Waals surface area contributed by atoms with Crippen LogP contribution in [0.4, 0.5) is 0 Å². The molecule has 1 saturated heterocycles. The largest absolute Gasteiger partial charge is 0.478 e. The molecule has 1 aliphatic heterocycles. The molecule has 17 heteroatoms. The number of H-pyrrole nitrogens is 1. The lowest BCUT2D eigenvalue weighted by Crippen LogP contribution is -2.49. The van der Waals surface area contributed by atoms with Crippen molar-refractivity contribution in [1.82, 2.24) is 9.55 Å². The molecule has 0 amide bonds. The van der Waals surface area contributed by atoms with Gasteiger partial charge in [0, 0.05) is 12.3 Å². The molecule has 0 unspecified atom stereocenters. The number of aliphatic hydroxyl groups is 3. The standard InChI is InChI=1S/C10H14N2O6.H4O7P2/c1-10(8(16)7(15)5(4-13)18-10)12-3-2-6(14)11-9(12)17;1-8(2,3)7-9(4,5)6/h2-3,5,7-8,13,15-16H,4H2,1H3,(H,11,14,17);(H2,1,2,3)(H2,4,5,6)/t5-,7-,8-,10-;/m1./s1. The third-order valence-corrected chi connectivity index (χ3v) is 5.04. The molecule has 27 heavy (non-hydrogen) atoms. The summed E-state index contributed by atoms with van der Waals surface area (Å²) >= 11 is 0. The molecule has 1 aromatic heterocycles. The molecule has 0 bridgehead atoms. The Labute approximate surface area is 149 Å². The summed E-state index contributed by atoms with van der Waals surface area (Å²) in [5.41, 5.74) is -2.89. The maximum atomic E-state index is 11.7. The smallest absolute Gasteiger partial charge is 0.394 e. The summed E-state index contributed by atoms with van der Waals surface area (Å²) in [6.45, 7) is 0.891. The Hall–Kier alpha value is -1.22. The van der Waals surface area contributed by atoms with Gasteiger partial charge < -0.3 is 39.6 Å². The van der Waals surface area contributed by atoms with Crippen LogP contribution in [0.15, 0.2) is 21.9 Å². The summed E-state index contributed by atoms with van der Waals surface area (Å²) in [7, 11) is -10.1. The number of rotatable bonds is 4. The Morgan fingerprint density at radius 2 is 1.74 bits per heavy atom. The summed E-state index contributed by atoms with van der Waals surface area (Å²) in [5, 5.41) is 28.6. The van der Waals surface area contributed by atoms with Crippen molar-refractivity contribution in [2.24, 2.45) is 0 Å². The molecule has 1 aliphatic rings. The number of aromatic nitrogens is 2. The fraction of sp³-hybridized carbons (Fsp3) is 0.600. The molecular formula is C10H18N2O13P2. The molecule has 0 aliphatic carbocycles. The molecule has 0 aromatic carbocycles. The predicted molar refractivity (Wildman–Crippen MR) is 84.1 cm³/mol. The molecule has 1 aromatic rings. The van der Waals surface area contributed by atoms with Gasteiger partial charge in [0.1, 0.15) is 18.3 Å². The normalized spacial score (nSPS) is 28.5. The van der Waals surface area contributed by atoms with Crippen molar-refractivity contribution >= 4 is 15.6 Å². The number of ether oxygens (including phenoxy) is 1. The van der Waals surface area contributed by atoms with E-state index in [1.54, 1.807) is 0 Å². The van der Waals surface area contributed by atoms with Crippen molar-refractivity contribution in [2.75, 3.05) is 6.61 Å². The first-order valence-electron chi connectivity index (χ1n) is 6.90. The summed E-state index contributed by atoms with van der Waals surface area (Å²) in [4.78, 5) is 55.6. The van der Waals surface area contributed by atoms with Crippen molar-refractivity contribution in [3.63, 3.8) is 0 Å². The highest BCUT2D eigenvalue weighted by molar-refractivity contribution is 7.60. The van der Waals surface area contributed by atoms with Crippen LogP contribution in [-0.2, 0) is 23.9 Å². The summed E-state index contributed by atoms with van der Waals surface area (Å²) < 4.78 is 28.5. The zero-order valence-electron chi connectivity index (χ0n) is 13.5. The van der Waals surface area contributed by atoms with Crippen molar-refractivity contribution in [3.8, 4) is 0 Å². The van der Waals surface area contributed by atoms with E-state index in [2.05, 4.69) is 4.31 Å². The van der Waals surface area contributed by atoms with E-state index in [9.17, 15) is 28.9 Å². The molecule has 15 nitrogen and oxygen atoms in total. The minimum absolute atomic E-state index is 0.494. The lowest BCUT2D eigenvalue weighted by Gasteiger charge is -2.29. The highest BCUT2D eigenvalue weighted by atomic mass is 31.3. The summed E-state index contributed by atoms with van der Waals surface area (Å²) in [6, 6.07) is 1.10. The average Bonchev–Trinajstić information content (AvgIpc) is 2.69. The van der Waals surface area contributed by atoms with Crippen molar-refractivity contribution in [3.05, 3.63) is 33.1 Å². The van der Waals surface area contributed by atoms with Gasteiger partial charge in [0.2, 0.25) is 0 Å². The van der Waals surface area contributed by atoms with Gasteiger partial charge in [-0.3, -0.25) is 14.3 Å². The number of hydrogen-bond acceptors (Lipinski definition) is 9. The number of nitrogens with zero attached hydrogens (tertiary/aromatic N) is 1. The number of aliphatic hydroxyl groups excluding tert-OH is 3. The molecule has 0 spiro atoms. The zero-order valence-corrected chi connectivity index (χ0v) is 15.3. The minimum atomic E-state index is -5.05. The van der Waals surface area contributed by atoms with Gasteiger partial charge in [0.25, 0.3) is 5.56 Å². The minimum Gasteiger partial charge on any atom is -0.394 e. The molecule has 8 N–H and O–H groups in total. The summed E-state index contributed by atoms with van der Waals surface area (Å²) in [6.07, 6.45) is -2.56. The fourth-order valence-electron chi connectivity index (χ4n) is 2.22. The second kappa shape index (κ2) is 8.43. The Balaban J connectivity index is 0.000000345. The van der Waals surface area contributed by atoms with E-state index in [-0.39, 0.29) is 0 Å². The van der Waals surface area contributed by atoms with Crippen molar-refractivity contribution in [2.45, 2.75) is 31.0 Å². The number of hydrogen-bond donors (Lipinski definition) is 8. The summed E-state index contributed by atoms with van der Waals surface area (Å²) in [5.74, 6) is 0. The Morgan fingerprint density at radius 1 is 1.22 bits per heavy atom. The highest BCUT2D eigenvalue weighted by Gasteiger charge is 2.52. The number of phosphoric acid groups is 2. The van der Waals surface area contributed by atoms with Crippen LogP contribution in [0.2, 0.25) is 0 Å². The van der Waals surface area contributed by atoms with Crippen LogP contribution >= 0.6 is 15.6 Å². The second-order valence-electron chi connectivity index (χ2n) is 5.37. The monoisotopic (exact) mass is 436 g/mol. The molecule has 1 fully saturated rings. The molecule has 4 atom stereocenters. The second-order valence-corrected chi connectivity index (χ2v) is 7.99. The van der Waals surface area contributed by atoms with Gasteiger partial charge in [-0.05, 0) is 6.92 Å². The van der Waals surface area contributed by atoms with Gasteiger partial charge in [0.15, 0.2) is 5.72 Å². The Bertz CT molecular complexity index is 835. The van der Waals surface area contributed by atoms with Crippen LogP contribution in [0.25, 0.3) is 0 Å². The molecule has 2 rings (SSSR count). The third kappa shape index (κ3) is 6.41. The lowest BCUT2D eigenvalue weighted by molar-refractivity contribution is -0.137. The zero-order chi connectivity index (χ0) is 21.2. The first-order chi connectivity index (χ1) is 12.1. The average molecular weight is 436 g/mol. The highest BCUT2D eigenvalue weighted by Crippen LogP contribution is 2.53. The SMILES string of the molecule is C[C@@]1(n2ccc(=O)[nH]c2=O)O[C@H](CO)[C@@H](O)[C@H]1O.O=P(O)(O)OP(=O)(O)O. The molecular weight excluding hydrogens is 418 g/mol. The maximum absolute atomic E-state index is 11.7. The van der Waals surface area contributed by atoms with Crippen LogP contribution in [0.3, 0.4) is 0 Å². The lowest BCUT2D eigenvalue weighted by atomic mass is 10.0. The first kappa shape index (κ1) is 23.8. The Kier molecular flexibility index (Phi) is 7.43. The van der Waals surface area contributed by atoms with Gasteiger partial charge >= 0.3 is 21.3 Å². The topological polar surface area (TPSA) is 249 Å². The van der Waals surface area contributed by atoms with Crippen LogP contribution in [0.5, 0.6) is 0 Å². The van der Waals surface area contributed by atoms with E-state index in [1.807, 2.05) is 4.98 Å². The maximum Gasteiger partial charge on any atom is 0.478 e. The third-order valence-electron chi connectivity index (χ3n) is 3.34. The predicted octanol–water partition coefficient (Wildman–Crippen LogP) is -3.49. The van der Waals surface area contributed by atoms with Crippen LogP contribution in [-0.4, -0.2) is 69.4 Å². The molecule has 0 saturated carbocycles. The van der Waals surface area contributed by atoms with E-state index in [0.717, 1.165) is 16.8 Å². The van der Waals surface area contributed by atoms with Gasteiger partial charge in [0.05, 0.1) is 6.61 Å². The van der Waals surface area contributed by atoms with Gasteiger partial charge in [-0.1, -0.05) is 0 Å². The Morgan fingerprint density at radius 3 is 2.07 bits per heavy atom. The number of nitrogens with one attached hydrogen (secondary N) is 1. The first-order valence-corrected chi connectivity index (χ1v) is 9.96. The number of aromatic amines is 1. The van der Waals surface area contributed by atoms with E-state index in [4.69, 9.17) is 29.4 Å². The van der Waals surface area contributed by atoms with E-state index >= 15 is 0 Å². The quantitative estimate of drug-likeness (QED) is 0.214. The van der Waals surface area contributed by atoms with Crippen LogP contribution in [0.1, 0.15) is 6.92 Å². The van der Waals surface area contributed by atoms with E-state index in [1.165, 1.54) is 6.92 Å².